The van der Waals surface area contributed by atoms with Gasteiger partial charge in [-0.2, -0.15) is 0 Å². The van der Waals surface area contributed by atoms with Gasteiger partial charge in [-0.25, -0.2) is 9.97 Å². The smallest absolute Gasteiger partial charge is 0.222 e. The molecule has 1 aromatic heterocycles. The molecule has 0 radical (unpaired) electrons. The van der Waals surface area contributed by atoms with Crippen molar-refractivity contribution in [3.05, 3.63) is 17.6 Å². The van der Waals surface area contributed by atoms with Gasteiger partial charge in [0, 0.05) is 31.8 Å². The highest BCUT2D eigenvalue weighted by Crippen LogP contribution is 2.22. The monoisotopic (exact) mass is 276 g/mol. The first-order valence-corrected chi connectivity index (χ1v) is 7.42. The van der Waals surface area contributed by atoms with E-state index in [-0.39, 0.29) is 5.91 Å². The summed E-state index contributed by atoms with van der Waals surface area (Å²) in [6.07, 6.45) is 3.92. The highest BCUT2D eigenvalue weighted by Gasteiger charge is 2.22. The summed E-state index contributed by atoms with van der Waals surface area (Å²) in [6.45, 7) is 5.49. The van der Waals surface area contributed by atoms with Gasteiger partial charge < -0.3 is 10.2 Å². The van der Waals surface area contributed by atoms with Crippen LogP contribution in [0.15, 0.2) is 6.07 Å². The van der Waals surface area contributed by atoms with E-state index >= 15 is 0 Å². The number of aromatic nitrogens is 2. The number of nitrogens with zero attached hydrogens (tertiary/aromatic N) is 3. The van der Waals surface area contributed by atoms with Crippen LogP contribution in [-0.2, 0) is 11.3 Å². The minimum atomic E-state index is 0.233. The molecule has 1 aromatic rings. The van der Waals surface area contributed by atoms with Gasteiger partial charge in [0.25, 0.3) is 0 Å². The van der Waals surface area contributed by atoms with Gasteiger partial charge in [0.15, 0.2) is 0 Å². The second kappa shape index (κ2) is 6.68. The molecule has 20 heavy (non-hydrogen) atoms. The standard InChI is InChI=1S/C15H24N4O/c1-4-12-5-6-15(20)19(8-7-12)10-14-17-11(2)9-13(16-3)18-14/h9,12H,4-8,10H2,1-3H3,(H,16,17,18). The lowest BCUT2D eigenvalue weighted by molar-refractivity contribution is -0.131. The second-order valence-electron chi connectivity index (χ2n) is 5.48. The molecule has 1 aliphatic heterocycles. The third-order valence-corrected chi connectivity index (χ3v) is 3.99. The fourth-order valence-corrected chi connectivity index (χ4v) is 2.67. The molecule has 0 bridgehead atoms. The number of rotatable bonds is 4. The fourth-order valence-electron chi connectivity index (χ4n) is 2.67. The summed E-state index contributed by atoms with van der Waals surface area (Å²) in [7, 11) is 1.84. The Morgan fingerprint density at radius 1 is 1.40 bits per heavy atom. The van der Waals surface area contributed by atoms with Crippen molar-refractivity contribution in [3.8, 4) is 0 Å². The van der Waals surface area contributed by atoms with E-state index in [1.54, 1.807) is 0 Å². The van der Waals surface area contributed by atoms with Gasteiger partial charge >= 0.3 is 0 Å². The highest BCUT2D eigenvalue weighted by molar-refractivity contribution is 5.76. The number of hydrogen-bond acceptors (Lipinski definition) is 4. The average molecular weight is 276 g/mol. The number of aryl methyl sites for hydroxylation is 1. The van der Waals surface area contributed by atoms with Crippen molar-refractivity contribution in [3.63, 3.8) is 0 Å². The Hall–Kier alpha value is -1.65. The molecule has 1 N–H and O–H groups in total. The lowest BCUT2D eigenvalue weighted by Gasteiger charge is -2.20. The maximum Gasteiger partial charge on any atom is 0.222 e. The molecule has 5 nitrogen and oxygen atoms in total. The number of carbonyl (C=O) groups is 1. The van der Waals surface area contributed by atoms with Crippen LogP contribution in [0, 0.1) is 12.8 Å². The van der Waals surface area contributed by atoms with Gasteiger partial charge in [0.05, 0.1) is 6.54 Å². The molecule has 2 rings (SSSR count). The molecule has 5 heteroatoms. The molecule has 1 aliphatic rings. The minimum Gasteiger partial charge on any atom is -0.373 e. The van der Waals surface area contributed by atoms with E-state index in [0.29, 0.717) is 18.9 Å². The number of likely N-dealkylation sites (tertiary alicyclic amines) is 1. The predicted octanol–water partition coefficient (Wildman–Crippen LogP) is 2.37. The largest absolute Gasteiger partial charge is 0.373 e. The first-order valence-electron chi connectivity index (χ1n) is 7.42. The normalized spacial score (nSPS) is 19.9. The third-order valence-electron chi connectivity index (χ3n) is 3.99. The number of nitrogens with one attached hydrogen (secondary N) is 1. The Bertz CT molecular complexity index is 475. The minimum absolute atomic E-state index is 0.233. The van der Waals surface area contributed by atoms with E-state index in [1.165, 1.54) is 0 Å². The third kappa shape index (κ3) is 3.68. The molecule has 2 heterocycles. The molecule has 1 saturated heterocycles. The Morgan fingerprint density at radius 2 is 2.20 bits per heavy atom. The Balaban J connectivity index is 2.08. The van der Waals surface area contributed by atoms with Crippen LogP contribution >= 0.6 is 0 Å². The summed E-state index contributed by atoms with van der Waals surface area (Å²) in [5.74, 6) is 2.44. The molecule has 1 atom stereocenters. The van der Waals surface area contributed by atoms with Crippen LogP contribution in [-0.4, -0.2) is 34.4 Å². The zero-order valence-corrected chi connectivity index (χ0v) is 12.6. The van der Waals surface area contributed by atoms with Crippen molar-refractivity contribution in [1.29, 1.82) is 0 Å². The van der Waals surface area contributed by atoms with Gasteiger partial charge in [0.2, 0.25) is 5.91 Å². The molecule has 110 valence electrons. The van der Waals surface area contributed by atoms with Crippen LogP contribution < -0.4 is 5.32 Å². The van der Waals surface area contributed by atoms with Crippen LogP contribution in [0.2, 0.25) is 0 Å². The molecule has 1 fully saturated rings. The van der Waals surface area contributed by atoms with Gasteiger partial charge in [-0.15, -0.1) is 0 Å². The van der Waals surface area contributed by atoms with Crippen LogP contribution in [0.5, 0.6) is 0 Å². The molecular formula is C15H24N4O. The number of anilines is 1. The van der Waals surface area contributed by atoms with Crippen LogP contribution in [0.1, 0.15) is 44.1 Å². The van der Waals surface area contributed by atoms with Crippen LogP contribution in [0.3, 0.4) is 0 Å². The molecule has 0 spiro atoms. The van der Waals surface area contributed by atoms with E-state index < -0.39 is 0 Å². The molecule has 0 aliphatic carbocycles. The number of amides is 1. The van der Waals surface area contributed by atoms with Crippen LogP contribution in [0.4, 0.5) is 5.82 Å². The quantitative estimate of drug-likeness (QED) is 0.917. The Kier molecular flexibility index (Phi) is 4.93. The summed E-state index contributed by atoms with van der Waals surface area (Å²) in [5, 5.41) is 3.03. The SMILES string of the molecule is CCC1CCC(=O)N(Cc2nc(C)cc(NC)n2)CC1. The molecular weight excluding hydrogens is 252 g/mol. The molecule has 1 unspecified atom stereocenters. The van der Waals surface area contributed by atoms with Crippen molar-refractivity contribution in [2.45, 2.75) is 46.1 Å². The summed E-state index contributed by atoms with van der Waals surface area (Å²) >= 11 is 0. The van der Waals surface area contributed by atoms with E-state index in [9.17, 15) is 4.79 Å². The molecule has 0 saturated carbocycles. The summed E-state index contributed by atoms with van der Waals surface area (Å²) in [5.41, 5.74) is 0.924. The van der Waals surface area contributed by atoms with Gasteiger partial charge in [-0.05, 0) is 25.7 Å². The van der Waals surface area contributed by atoms with E-state index in [4.69, 9.17) is 0 Å². The van der Waals surface area contributed by atoms with Crippen molar-refractivity contribution < 1.29 is 4.79 Å². The summed E-state index contributed by atoms with van der Waals surface area (Å²) in [4.78, 5) is 23.0. The van der Waals surface area contributed by atoms with E-state index in [1.807, 2.05) is 24.9 Å². The van der Waals surface area contributed by atoms with Crippen molar-refractivity contribution >= 4 is 11.7 Å². The number of hydrogen-bond donors (Lipinski definition) is 1. The van der Waals surface area contributed by atoms with Crippen molar-refractivity contribution in [2.24, 2.45) is 5.92 Å². The second-order valence-corrected chi connectivity index (χ2v) is 5.48. The lowest BCUT2D eigenvalue weighted by atomic mass is 9.98. The fraction of sp³-hybridized carbons (Fsp3) is 0.667. The topological polar surface area (TPSA) is 58.1 Å². The predicted molar refractivity (Wildman–Crippen MR) is 79.4 cm³/mol. The zero-order valence-electron chi connectivity index (χ0n) is 12.6. The van der Waals surface area contributed by atoms with Gasteiger partial charge in [0.1, 0.15) is 11.6 Å². The van der Waals surface area contributed by atoms with Gasteiger partial charge in [-0.1, -0.05) is 13.3 Å². The number of carbonyl (C=O) groups excluding carboxylic acids is 1. The molecule has 1 amide bonds. The first-order chi connectivity index (χ1) is 9.62. The lowest BCUT2D eigenvalue weighted by Crippen LogP contribution is -2.30. The summed E-state index contributed by atoms with van der Waals surface area (Å²) in [6, 6.07) is 1.90. The first kappa shape index (κ1) is 14.8. The Labute approximate surface area is 120 Å². The van der Waals surface area contributed by atoms with Crippen molar-refractivity contribution in [2.75, 3.05) is 18.9 Å². The van der Waals surface area contributed by atoms with Gasteiger partial charge in [-0.3, -0.25) is 4.79 Å². The molecule has 0 aromatic carbocycles. The van der Waals surface area contributed by atoms with Crippen molar-refractivity contribution in [1.82, 2.24) is 14.9 Å². The zero-order chi connectivity index (χ0) is 14.5. The average Bonchev–Trinajstić information content (AvgIpc) is 2.61. The van der Waals surface area contributed by atoms with Crippen LogP contribution in [0.25, 0.3) is 0 Å². The maximum atomic E-state index is 12.2. The van der Waals surface area contributed by atoms with E-state index in [0.717, 1.165) is 43.1 Å². The highest BCUT2D eigenvalue weighted by atomic mass is 16.2. The Morgan fingerprint density at radius 3 is 2.90 bits per heavy atom. The van der Waals surface area contributed by atoms with E-state index in [2.05, 4.69) is 22.2 Å². The summed E-state index contributed by atoms with van der Waals surface area (Å²) < 4.78 is 0. The maximum absolute atomic E-state index is 12.2.